The van der Waals surface area contributed by atoms with Crippen LogP contribution in [0.2, 0.25) is 0 Å². The Morgan fingerprint density at radius 1 is 0.545 bits per heavy atom. The van der Waals surface area contributed by atoms with Crippen molar-refractivity contribution in [3.8, 4) is 34.1 Å². The fraction of sp³-hybridized carbons (Fsp3) is 0.250. The summed E-state index contributed by atoms with van der Waals surface area (Å²) in [7, 11) is 6.25. The highest BCUT2D eigenvalue weighted by molar-refractivity contribution is 5.88. The molecule has 0 radical (unpaired) electrons. The van der Waals surface area contributed by atoms with Crippen LogP contribution in [0, 0.1) is 0 Å². The molecule has 0 spiro atoms. The van der Waals surface area contributed by atoms with Gasteiger partial charge in [0.15, 0.2) is 23.0 Å². The lowest BCUT2D eigenvalue weighted by atomic mass is 10.0. The Bertz CT molecular complexity index is 627. The number of hydrogen-bond donors (Lipinski definition) is 2. The molecule has 22 heavy (non-hydrogen) atoms. The summed E-state index contributed by atoms with van der Waals surface area (Å²) in [5.41, 5.74) is 14.8. The first-order valence-corrected chi connectivity index (χ1v) is 6.59. The molecule has 0 atom stereocenters. The van der Waals surface area contributed by atoms with Crippen LogP contribution in [0.1, 0.15) is 0 Å². The molecule has 6 heteroatoms. The zero-order valence-electron chi connectivity index (χ0n) is 13.1. The van der Waals surface area contributed by atoms with E-state index in [2.05, 4.69) is 0 Å². The van der Waals surface area contributed by atoms with Crippen molar-refractivity contribution in [1.82, 2.24) is 0 Å². The minimum atomic E-state index is 0.525. The Hall–Kier alpha value is -2.76. The summed E-state index contributed by atoms with van der Waals surface area (Å²) < 4.78 is 21.1. The van der Waals surface area contributed by atoms with Gasteiger partial charge in [0, 0.05) is 34.6 Å². The number of nitrogen functional groups attached to an aromatic ring is 2. The Kier molecular flexibility index (Phi) is 4.50. The Morgan fingerprint density at radius 2 is 0.818 bits per heavy atom. The first-order valence-electron chi connectivity index (χ1n) is 6.59. The summed E-state index contributed by atoms with van der Waals surface area (Å²) in [6, 6.07) is 6.96. The van der Waals surface area contributed by atoms with E-state index in [0.717, 1.165) is 11.1 Å². The van der Waals surface area contributed by atoms with Crippen LogP contribution in [-0.4, -0.2) is 28.4 Å². The molecule has 0 bridgehead atoms. The first kappa shape index (κ1) is 15.6. The number of hydrogen-bond acceptors (Lipinski definition) is 6. The van der Waals surface area contributed by atoms with E-state index in [1.54, 1.807) is 52.7 Å². The van der Waals surface area contributed by atoms with Gasteiger partial charge in [-0.05, 0) is 12.1 Å². The summed E-state index contributed by atoms with van der Waals surface area (Å²) >= 11 is 0. The second-order valence-electron chi connectivity index (χ2n) is 4.59. The largest absolute Gasteiger partial charge is 0.493 e. The van der Waals surface area contributed by atoms with Crippen LogP contribution in [-0.2, 0) is 0 Å². The third kappa shape index (κ3) is 2.67. The van der Waals surface area contributed by atoms with Gasteiger partial charge in [0.25, 0.3) is 0 Å². The van der Waals surface area contributed by atoms with E-state index < -0.39 is 0 Å². The van der Waals surface area contributed by atoms with Gasteiger partial charge in [0.05, 0.1) is 28.4 Å². The van der Waals surface area contributed by atoms with Crippen LogP contribution in [0.15, 0.2) is 24.3 Å². The van der Waals surface area contributed by atoms with Gasteiger partial charge in [-0.15, -0.1) is 0 Å². The average Bonchev–Trinajstić information content (AvgIpc) is 2.54. The quantitative estimate of drug-likeness (QED) is 0.825. The molecular formula is C16H20N2O4. The van der Waals surface area contributed by atoms with Gasteiger partial charge in [0.1, 0.15) is 0 Å². The van der Waals surface area contributed by atoms with Gasteiger partial charge in [-0.1, -0.05) is 0 Å². The molecule has 0 aliphatic carbocycles. The third-order valence-corrected chi connectivity index (χ3v) is 3.40. The summed E-state index contributed by atoms with van der Waals surface area (Å²) in [6.07, 6.45) is 0. The van der Waals surface area contributed by atoms with E-state index in [1.165, 1.54) is 0 Å². The second kappa shape index (κ2) is 6.34. The number of methoxy groups -OCH3 is 4. The van der Waals surface area contributed by atoms with E-state index in [9.17, 15) is 0 Å². The van der Waals surface area contributed by atoms with Crippen LogP contribution >= 0.6 is 0 Å². The summed E-state index contributed by atoms with van der Waals surface area (Å²) in [4.78, 5) is 0. The predicted molar refractivity (Wildman–Crippen MR) is 86.9 cm³/mol. The third-order valence-electron chi connectivity index (χ3n) is 3.40. The predicted octanol–water partition coefficient (Wildman–Crippen LogP) is 2.55. The van der Waals surface area contributed by atoms with Gasteiger partial charge in [-0.2, -0.15) is 0 Å². The number of ether oxygens (including phenoxy) is 4. The highest BCUT2D eigenvalue weighted by Gasteiger charge is 2.16. The fourth-order valence-electron chi connectivity index (χ4n) is 2.26. The summed E-state index contributed by atoms with van der Waals surface area (Å²) in [5.74, 6) is 2.26. The first-order chi connectivity index (χ1) is 10.5. The SMILES string of the molecule is COc1cc(N)c(-c2cc(OC)c(OC)cc2N)cc1OC. The average molecular weight is 304 g/mol. The standard InChI is InChI=1S/C16H20N2O4/c1-19-13-5-9(11(17)7-15(13)21-3)10-6-14(20-2)16(22-4)8-12(10)18/h5-8H,17-18H2,1-4H3. The van der Waals surface area contributed by atoms with Crippen molar-refractivity contribution in [2.24, 2.45) is 0 Å². The molecule has 0 fully saturated rings. The van der Waals surface area contributed by atoms with Gasteiger partial charge in [-0.3, -0.25) is 0 Å². The molecule has 0 aromatic heterocycles. The van der Waals surface area contributed by atoms with Crippen molar-refractivity contribution < 1.29 is 18.9 Å². The number of rotatable bonds is 5. The molecule has 4 N–H and O–H groups in total. The maximum Gasteiger partial charge on any atom is 0.162 e. The maximum atomic E-state index is 6.12. The van der Waals surface area contributed by atoms with Crippen LogP contribution in [0.5, 0.6) is 23.0 Å². The zero-order chi connectivity index (χ0) is 16.3. The van der Waals surface area contributed by atoms with Crippen LogP contribution < -0.4 is 30.4 Å². The minimum Gasteiger partial charge on any atom is -0.493 e. The van der Waals surface area contributed by atoms with Crippen molar-refractivity contribution >= 4 is 11.4 Å². The highest BCUT2D eigenvalue weighted by atomic mass is 16.5. The molecule has 0 heterocycles. The number of benzene rings is 2. The van der Waals surface area contributed by atoms with E-state index in [-0.39, 0.29) is 0 Å². The molecular weight excluding hydrogens is 284 g/mol. The lowest BCUT2D eigenvalue weighted by Crippen LogP contribution is -2.00. The molecule has 0 saturated carbocycles. The number of anilines is 2. The van der Waals surface area contributed by atoms with Gasteiger partial charge >= 0.3 is 0 Å². The van der Waals surface area contributed by atoms with E-state index >= 15 is 0 Å². The summed E-state index contributed by atoms with van der Waals surface area (Å²) in [5, 5.41) is 0. The normalized spacial score (nSPS) is 10.2. The molecule has 0 aliphatic heterocycles. The molecule has 118 valence electrons. The monoisotopic (exact) mass is 304 g/mol. The summed E-state index contributed by atoms with van der Waals surface area (Å²) in [6.45, 7) is 0. The molecule has 2 aromatic rings. The van der Waals surface area contributed by atoms with E-state index in [1.807, 2.05) is 0 Å². The zero-order valence-corrected chi connectivity index (χ0v) is 13.1. The molecule has 0 saturated heterocycles. The van der Waals surface area contributed by atoms with Crippen molar-refractivity contribution in [2.75, 3.05) is 39.9 Å². The minimum absolute atomic E-state index is 0.525. The second-order valence-corrected chi connectivity index (χ2v) is 4.59. The van der Waals surface area contributed by atoms with Gasteiger partial charge < -0.3 is 30.4 Å². The Morgan fingerprint density at radius 3 is 1.09 bits per heavy atom. The lowest BCUT2D eigenvalue weighted by Gasteiger charge is -2.16. The van der Waals surface area contributed by atoms with E-state index in [0.29, 0.717) is 34.4 Å². The molecule has 0 amide bonds. The Labute approximate surface area is 129 Å². The molecule has 2 aromatic carbocycles. The molecule has 6 nitrogen and oxygen atoms in total. The Balaban J connectivity index is 2.66. The van der Waals surface area contributed by atoms with Crippen molar-refractivity contribution in [2.45, 2.75) is 0 Å². The highest BCUT2D eigenvalue weighted by Crippen LogP contribution is 2.43. The van der Waals surface area contributed by atoms with Crippen molar-refractivity contribution in [1.29, 1.82) is 0 Å². The van der Waals surface area contributed by atoms with Crippen molar-refractivity contribution in [3.05, 3.63) is 24.3 Å². The lowest BCUT2D eigenvalue weighted by molar-refractivity contribution is 0.355. The van der Waals surface area contributed by atoms with Gasteiger partial charge in [0.2, 0.25) is 0 Å². The fourth-order valence-corrected chi connectivity index (χ4v) is 2.26. The van der Waals surface area contributed by atoms with Crippen LogP contribution in [0.4, 0.5) is 11.4 Å². The molecule has 2 rings (SSSR count). The maximum absolute atomic E-state index is 6.12. The smallest absolute Gasteiger partial charge is 0.162 e. The van der Waals surface area contributed by atoms with E-state index in [4.69, 9.17) is 30.4 Å². The molecule has 0 aliphatic rings. The van der Waals surface area contributed by atoms with Gasteiger partial charge in [-0.25, -0.2) is 0 Å². The van der Waals surface area contributed by atoms with Crippen LogP contribution in [0.3, 0.4) is 0 Å². The topological polar surface area (TPSA) is 89.0 Å². The van der Waals surface area contributed by atoms with Crippen LogP contribution in [0.25, 0.3) is 11.1 Å². The number of nitrogens with two attached hydrogens (primary N) is 2. The molecule has 0 unspecified atom stereocenters. The van der Waals surface area contributed by atoms with Crippen molar-refractivity contribution in [3.63, 3.8) is 0 Å².